The van der Waals surface area contributed by atoms with Crippen molar-refractivity contribution in [2.24, 2.45) is 5.73 Å². The molecule has 2 unspecified atom stereocenters. The fraction of sp³-hybridized carbons (Fsp3) is 0.417. The maximum absolute atomic E-state index is 13.8. The van der Waals surface area contributed by atoms with E-state index in [1.54, 1.807) is 13.2 Å². The summed E-state index contributed by atoms with van der Waals surface area (Å²) in [5.74, 6) is -1.11. The number of benzene rings is 1. The number of halogens is 2. The highest BCUT2D eigenvalue weighted by Crippen LogP contribution is 2.21. The van der Waals surface area contributed by atoms with E-state index in [1.165, 1.54) is 12.1 Å². The van der Waals surface area contributed by atoms with E-state index in [2.05, 4.69) is 21.2 Å². The van der Waals surface area contributed by atoms with Gasteiger partial charge >= 0.3 is 0 Å². The third-order valence-corrected chi connectivity index (χ3v) is 2.92. The van der Waals surface area contributed by atoms with Crippen molar-refractivity contribution in [2.45, 2.75) is 19.0 Å². The molecular weight excluding hydrogens is 303 g/mol. The Balaban J connectivity index is 2.94. The predicted octanol–water partition coefficient (Wildman–Crippen LogP) is 1.74. The van der Waals surface area contributed by atoms with Crippen molar-refractivity contribution in [3.8, 4) is 0 Å². The zero-order valence-corrected chi connectivity index (χ0v) is 11.8. The first kappa shape index (κ1) is 15.1. The summed E-state index contributed by atoms with van der Waals surface area (Å²) in [5.41, 5.74) is 5.53. The van der Waals surface area contributed by atoms with Gasteiger partial charge in [0, 0.05) is 23.2 Å². The molecular formula is C12H16BrFN2O2. The first-order valence-corrected chi connectivity index (χ1v) is 6.24. The number of amides is 1. The van der Waals surface area contributed by atoms with Gasteiger partial charge in [0.25, 0.3) is 0 Å². The standard InChI is InChI=1S/C12H16BrFN2O2/c1-7(6-18-2)16-11(12(15)17)9-4-3-8(13)5-10(9)14/h3-5,7,11,16H,6H2,1-2H3,(H2,15,17). The number of carbonyl (C=O) groups excluding carboxylic acids is 1. The summed E-state index contributed by atoms with van der Waals surface area (Å²) in [6.45, 7) is 2.23. The fourth-order valence-electron chi connectivity index (χ4n) is 1.64. The maximum atomic E-state index is 13.8. The number of ether oxygens (including phenoxy) is 1. The third kappa shape index (κ3) is 4.04. The first-order chi connectivity index (χ1) is 8.45. The zero-order valence-electron chi connectivity index (χ0n) is 10.2. The SMILES string of the molecule is COCC(C)NC(C(N)=O)c1ccc(Br)cc1F. The Hall–Kier alpha value is -0.980. The Morgan fingerprint density at radius 2 is 2.28 bits per heavy atom. The van der Waals surface area contributed by atoms with Gasteiger partial charge in [-0.05, 0) is 19.1 Å². The summed E-state index contributed by atoms with van der Waals surface area (Å²) < 4.78 is 19.3. The third-order valence-electron chi connectivity index (χ3n) is 2.43. The molecule has 18 heavy (non-hydrogen) atoms. The largest absolute Gasteiger partial charge is 0.383 e. The normalized spacial score (nSPS) is 14.2. The van der Waals surface area contributed by atoms with Gasteiger partial charge in [-0.3, -0.25) is 10.1 Å². The van der Waals surface area contributed by atoms with Gasteiger partial charge in [-0.2, -0.15) is 0 Å². The van der Waals surface area contributed by atoms with Crippen LogP contribution >= 0.6 is 15.9 Å². The number of primary amides is 1. The van der Waals surface area contributed by atoms with Crippen LogP contribution in [0.1, 0.15) is 18.5 Å². The van der Waals surface area contributed by atoms with Gasteiger partial charge in [0.1, 0.15) is 11.9 Å². The molecule has 4 nitrogen and oxygen atoms in total. The van der Waals surface area contributed by atoms with E-state index in [0.29, 0.717) is 11.1 Å². The van der Waals surface area contributed by atoms with E-state index < -0.39 is 17.8 Å². The van der Waals surface area contributed by atoms with Gasteiger partial charge in [-0.1, -0.05) is 22.0 Å². The van der Waals surface area contributed by atoms with E-state index in [4.69, 9.17) is 10.5 Å². The van der Waals surface area contributed by atoms with Gasteiger partial charge in [0.15, 0.2) is 0 Å². The Kier molecular flexibility index (Phi) is 5.71. The second kappa shape index (κ2) is 6.82. The van der Waals surface area contributed by atoms with Crippen molar-refractivity contribution in [3.05, 3.63) is 34.1 Å². The van der Waals surface area contributed by atoms with E-state index in [-0.39, 0.29) is 11.6 Å². The van der Waals surface area contributed by atoms with Crippen LogP contribution in [0.2, 0.25) is 0 Å². The van der Waals surface area contributed by atoms with Gasteiger partial charge in [-0.25, -0.2) is 4.39 Å². The molecule has 0 aromatic heterocycles. The van der Waals surface area contributed by atoms with Crippen molar-refractivity contribution in [3.63, 3.8) is 0 Å². The fourth-order valence-corrected chi connectivity index (χ4v) is 1.98. The van der Waals surface area contributed by atoms with Crippen LogP contribution in [0, 0.1) is 5.82 Å². The van der Waals surface area contributed by atoms with E-state index in [0.717, 1.165) is 0 Å². The molecule has 0 spiro atoms. The van der Waals surface area contributed by atoms with Gasteiger partial charge < -0.3 is 10.5 Å². The lowest BCUT2D eigenvalue weighted by Gasteiger charge is -2.21. The minimum Gasteiger partial charge on any atom is -0.383 e. The number of methoxy groups -OCH3 is 1. The molecule has 1 rings (SSSR count). The van der Waals surface area contributed by atoms with Gasteiger partial charge in [-0.15, -0.1) is 0 Å². The van der Waals surface area contributed by atoms with Crippen molar-refractivity contribution in [1.82, 2.24) is 5.32 Å². The molecule has 1 aromatic rings. The molecule has 0 saturated heterocycles. The van der Waals surface area contributed by atoms with Crippen molar-refractivity contribution in [2.75, 3.05) is 13.7 Å². The Labute approximate surface area is 114 Å². The van der Waals surface area contributed by atoms with Crippen LogP contribution < -0.4 is 11.1 Å². The quantitative estimate of drug-likeness (QED) is 0.839. The monoisotopic (exact) mass is 318 g/mol. The number of rotatable bonds is 6. The molecule has 100 valence electrons. The van der Waals surface area contributed by atoms with Crippen molar-refractivity contribution < 1.29 is 13.9 Å². The van der Waals surface area contributed by atoms with Crippen LogP contribution in [0.5, 0.6) is 0 Å². The lowest BCUT2D eigenvalue weighted by atomic mass is 10.0. The molecule has 0 aliphatic rings. The summed E-state index contributed by atoms with van der Waals surface area (Å²) >= 11 is 3.16. The summed E-state index contributed by atoms with van der Waals surface area (Å²) in [5, 5.41) is 2.94. The second-order valence-corrected chi connectivity index (χ2v) is 4.94. The molecule has 6 heteroatoms. The molecule has 1 amide bonds. The molecule has 0 radical (unpaired) electrons. The number of hydrogen-bond donors (Lipinski definition) is 2. The highest BCUT2D eigenvalue weighted by molar-refractivity contribution is 9.10. The average molecular weight is 319 g/mol. The number of carbonyl (C=O) groups is 1. The lowest BCUT2D eigenvalue weighted by Crippen LogP contribution is -2.41. The summed E-state index contributed by atoms with van der Waals surface area (Å²) in [6, 6.07) is 3.51. The molecule has 0 bridgehead atoms. The minimum atomic E-state index is -0.872. The summed E-state index contributed by atoms with van der Waals surface area (Å²) in [7, 11) is 1.55. The summed E-state index contributed by atoms with van der Waals surface area (Å²) in [6.07, 6.45) is 0. The second-order valence-electron chi connectivity index (χ2n) is 4.02. The van der Waals surface area contributed by atoms with Crippen LogP contribution in [0.15, 0.2) is 22.7 Å². The smallest absolute Gasteiger partial charge is 0.239 e. The van der Waals surface area contributed by atoms with Crippen LogP contribution in [0.4, 0.5) is 4.39 Å². The molecule has 0 aliphatic carbocycles. The van der Waals surface area contributed by atoms with Crippen molar-refractivity contribution in [1.29, 1.82) is 0 Å². The predicted molar refractivity (Wildman–Crippen MR) is 70.5 cm³/mol. The Morgan fingerprint density at radius 3 is 2.78 bits per heavy atom. The first-order valence-electron chi connectivity index (χ1n) is 5.45. The molecule has 0 aliphatic heterocycles. The molecule has 0 heterocycles. The minimum absolute atomic E-state index is 0.115. The molecule has 2 atom stereocenters. The van der Waals surface area contributed by atoms with E-state index in [9.17, 15) is 9.18 Å². The molecule has 1 aromatic carbocycles. The average Bonchev–Trinajstić information content (AvgIpc) is 2.27. The zero-order chi connectivity index (χ0) is 13.7. The number of nitrogens with one attached hydrogen (secondary N) is 1. The van der Waals surface area contributed by atoms with Crippen molar-refractivity contribution >= 4 is 21.8 Å². The topological polar surface area (TPSA) is 64.3 Å². The van der Waals surface area contributed by atoms with Crippen LogP contribution in [0.25, 0.3) is 0 Å². The number of hydrogen-bond acceptors (Lipinski definition) is 3. The highest BCUT2D eigenvalue weighted by atomic mass is 79.9. The van der Waals surface area contributed by atoms with E-state index >= 15 is 0 Å². The number of nitrogens with two attached hydrogens (primary N) is 1. The lowest BCUT2D eigenvalue weighted by molar-refractivity contribution is -0.120. The highest BCUT2D eigenvalue weighted by Gasteiger charge is 2.22. The molecule has 0 saturated carbocycles. The maximum Gasteiger partial charge on any atom is 0.239 e. The van der Waals surface area contributed by atoms with Crippen LogP contribution in [0.3, 0.4) is 0 Å². The van der Waals surface area contributed by atoms with E-state index in [1.807, 2.05) is 6.92 Å². The van der Waals surface area contributed by atoms with Gasteiger partial charge in [0.05, 0.1) is 6.61 Å². The Morgan fingerprint density at radius 1 is 1.61 bits per heavy atom. The Bertz CT molecular complexity index is 429. The summed E-state index contributed by atoms with van der Waals surface area (Å²) in [4.78, 5) is 11.4. The van der Waals surface area contributed by atoms with Crippen LogP contribution in [-0.2, 0) is 9.53 Å². The molecule has 0 fully saturated rings. The van der Waals surface area contributed by atoms with Gasteiger partial charge in [0.2, 0.25) is 5.91 Å². The molecule has 3 N–H and O–H groups in total. The van der Waals surface area contributed by atoms with Crippen LogP contribution in [-0.4, -0.2) is 25.7 Å².